The third kappa shape index (κ3) is 5.49. The number of sulfonamides is 1. The summed E-state index contributed by atoms with van der Waals surface area (Å²) in [4.78, 5) is 15.6. The zero-order valence-corrected chi connectivity index (χ0v) is 25.2. The molecule has 3 aromatic carbocycles. The quantitative estimate of drug-likeness (QED) is 0.271. The fourth-order valence-corrected chi connectivity index (χ4v) is 8.00. The van der Waals surface area contributed by atoms with Crippen LogP contribution in [0.3, 0.4) is 0 Å². The maximum Gasteiger partial charge on any atom is 0.243 e. The maximum absolute atomic E-state index is 13.5. The lowest BCUT2D eigenvalue weighted by Crippen LogP contribution is -2.40. The number of ether oxygens (including phenoxy) is 1. The molecule has 0 aliphatic carbocycles. The van der Waals surface area contributed by atoms with Crippen LogP contribution in [0.4, 0.5) is 5.69 Å². The van der Waals surface area contributed by atoms with Gasteiger partial charge in [-0.05, 0) is 49.6 Å². The van der Waals surface area contributed by atoms with Crippen molar-refractivity contribution in [2.24, 2.45) is 0 Å². The summed E-state index contributed by atoms with van der Waals surface area (Å²) in [6.45, 7) is 5.52. The van der Waals surface area contributed by atoms with Gasteiger partial charge < -0.3 is 9.64 Å². The summed E-state index contributed by atoms with van der Waals surface area (Å²) >= 11 is 1.35. The number of aromatic nitrogens is 3. The predicted octanol–water partition coefficient (Wildman–Crippen LogP) is 4.65. The molecule has 2 atom stereocenters. The molecule has 1 saturated heterocycles. The van der Waals surface area contributed by atoms with E-state index in [0.717, 1.165) is 17.7 Å². The van der Waals surface area contributed by atoms with Gasteiger partial charge in [0.2, 0.25) is 15.9 Å². The monoisotopic (exact) mass is 603 g/mol. The lowest BCUT2D eigenvalue weighted by atomic mass is 10.1. The predicted molar refractivity (Wildman–Crippen MR) is 163 cm³/mol. The van der Waals surface area contributed by atoms with E-state index < -0.39 is 10.0 Å². The number of anilines is 1. The van der Waals surface area contributed by atoms with Gasteiger partial charge in [0.25, 0.3) is 0 Å². The van der Waals surface area contributed by atoms with Gasteiger partial charge >= 0.3 is 0 Å². The van der Waals surface area contributed by atoms with E-state index in [0.29, 0.717) is 42.8 Å². The van der Waals surface area contributed by atoms with Crippen LogP contribution < -0.4 is 4.90 Å². The van der Waals surface area contributed by atoms with E-state index in [9.17, 15) is 13.2 Å². The minimum Gasteiger partial charge on any atom is -0.379 e. The molecule has 218 valence electrons. The Hall–Kier alpha value is -3.51. The number of rotatable bonds is 8. The van der Waals surface area contributed by atoms with Crippen molar-refractivity contribution in [2.75, 3.05) is 37.0 Å². The van der Waals surface area contributed by atoms with Crippen molar-refractivity contribution in [3.63, 3.8) is 0 Å². The Morgan fingerprint density at radius 3 is 2.52 bits per heavy atom. The van der Waals surface area contributed by atoms with E-state index in [-0.39, 0.29) is 28.6 Å². The number of fused-ring (bicyclic) bond motifs is 1. The lowest BCUT2D eigenvalue weighted by molar-refractivity contribution is -0.116. The average Bonchev–Trinajstić information content (AvgIpc) is 3.60. The van der Waals surface area contributed by atoms with Crippen molar-refractivity contribution in [3.05, 3.63) is 90.0 Å². The molecule has 6 rings (SSSR count). The second-order valence-electron chi connectivity index (χ2n) is 10.5. The molecule has 0 unspecified atom stereocenters. The highest BCUT2D eigenvalue weighted by Crippen LogP contribution is 2.35. The van der Waals surface area contributed by atoms with Crippen molar-refractivity contribution in [1.29, 1.82) is 0 Å². The Labute approximate surface area is 250 Å². The van der Waals surface area contributed by atoms with Gasteiger partial charge in [0, 0.05) is 30.4 Å². The Morgan fingerprint density at radius 1 is 1.00 bits per heavy atom. The molecule has 0 saturated carbocycles. The normalized spacial score (nSPS) is 18.1. The van der Waals surface area contributed by atoms with E-state index in [2.05, 4.69) is 30.1 Å². The highest BCUT2D eigenvalue weighted by Gasteiger charge is 2.32. The van der Waals surface area contributed by atoms with Crippen molar-refractivity contribution in [1.82, 2.24) is 19.1 Å². The molecular weight excluding hydrogens is 571 g/mol. The molecule has 4 aromatic rings. The first-order valence-electron chi connectivity index (χ1n) is 14.1. The largest absolute Gasteiger partial charge is 0.379 e. The van der Waals surface area contributed by atoms with Gasteiger partial charge in [-0.15, -0.1) is 10.2 Å². The van der Waals surface area contributed by atoms with Gasteiger partial charge in [-0.1, -0.05) is 72.4 Å². The Kier molecular flexibility index (Phi) is 8.17. The number of carbonyl (C=O) groups excluding carboxylic acids is 1. The topological polar surface area (TPSA) is 97.6 Å². The molecule has 0 spiro atoms. The molecule has 1 aromatic heterocycles. The third-order valence-electron chi connectivity index (χ3n) is 7.83. The van der Waals surface area contributed by atoms with Gasteiger partial charge in [0.1, 0.15) is 0 Å². The Bertz CT molecular complexity index is 1690. The van der Waals surface area contributed by atoms with Crippen LogP contribution in [0.25, 0.3) is 11.4 Å². The number of hydrogen-bond donors (Lipinski definition) is 0. The van der Waals surface area contributed by atoms with E-state index >= 15 is 0 Å². The second-order valence-corrected chi connectivity index (χ2v) is 13.4. The first kappa shape index (κ1) is 28.6. The summed E-state index contributed by atoms with van der Waals surface area (Å²) in [5.74, 6) is 0.753. The number of hydrogen-bond acceptors (Lipinski definition) is 7. The zero-order chi connectivity index (χ0) is 29.3. The van der Waals surface area contributed by atoms with E-state index in [4.69, 9.17) is 4.74 Å². The zero-order valence-electron chi connectivity index (χ0n) is 23.6. The van der Waals surface area contributed by atoms with Crippen molar-refractivity contribution in [3.8, 4) is 11.4 Å². The third-order valence-corrected chi connectivity index (χ3v) is 10.7. The van der Waals surface area contributed by atoms with Gasteiger partial charge in [-0.25, -0.2) is 8.42 Å². The fraction of sp³-hybridized carbons (Fsp3) is 0.323. The van der Waals surface area contributed by atoms with E-state index in [1.165, 1.54) is 21.6 Å². The maximum atomic E-state index is 13.5. The fourth-order valence-electron chi connectivity index (χ4n) is 5.68. The lowest BCUT2D eigenvalue weighted by Gasteiger charge is -2.26. The molecule has 2 aliphatic rings. The van der Waals surface area contributed by atoms with E-state index in [1.54, 1.807) is 18.2 Å². The SMILES string of the molecule is C[C@@H]1Cc2ccccc2N1C(=O)CSc1nnc(-c2cccc(S(=O)(=O)N3CCOCC3)c2)n1[C@H](C)c1ccccc1. The van der Waals surface area contributed by atoms with Crippen LogP contribution >= 0.6 is 11.8 Å². The minimum atomic E-state index is -3.69. The summed E-state index contributed by atoms with van der Waals surface area (Å²) < 4.78 is 35.6. The summed E-state index contributed by atoms with van der Waals surface area (Å²) in [5.41, 5.74) is 3.83. The molecule has 0 N–H and O–H groups in total. The highest BCUT2D eigenvalue weighted by atomic mass is 32.2. The van der Waals surface area contributed by atoms with Crippen LogP contribution in [-0.2, 0) is 26.0 Å². The molecule has 2 aliphatic heterocycles. The van der Waals surface area contributed by atoms with Crippen molar-refractivity contribution >= 4 is 33.4 Å². The number of morpholine rings is 1. The number of amides is 1. The molecule has 1 amide bonds. The van der Waals surface area contributed by atoms with Crippen molar-refractivity contribution < 1.29 is 17.9 Å². The minimum absolute atomic E-state index is 0.0134. The number of para-hydroxylation sites is 1. The van der Waals surface area contributed by atoms with Gasteiger partial charge in [0.15, 0.2) is 11.0 Å². The van der Waals surface area contributed by atoms with Gasteiger partial charge in [-0.2, -0.15) is 4.31 Å². The Morgan fingerprint density at radius 2 is 1.74 bits per heavy atom. The number of carbonyl (C=O) groups is 1. The summed E-state index contributed by atoms with van der Waals surface area (Å²) in [5, 5.41) is 9.64. The van der Waals surface area contributed by atoms with Crippen LogP contribution in [0.5, 0.6) is 0 Å². The van der Waals surface area contributed by atoms with Crippen LogP contribution in [0.1, 0.15) is 31.0 Å². The van der Waals surface area contributed by atoms with Gasteiger partial charge in [0.05, 0.1) is 29.9 Å². The van der Waals surface area contributed by atoms with Gasteiger partial charge in [-0.3, -0.25) is 9.36 Å². The molecule has 42 heavy (non-hydrogen) atoms. The molecule has 9 nitrogen and oxygen atoms in total. The molecule has 0 radical (unpaired) electrons. The molecule has 11 heteroatoms. The number of nitrogens with zero attached hydrogens (tertiary/aromatic N) is 5. The number of benzene rings is 3. The highest BCUT2D eigenvalue weighted by molar-refractivity contribution is 7.99. The first-order valence-corrected chi connectivity index (χ1v) is 16.5. The molecule has 3 heterocycles. The standard InChI is InChI=1S/C31H33N5O4S2/c1-22-19-25-11-6-7-14-28(25)35(22)29(37)21-41-31-33-32-30(36(31)23(2)24-9-4-3-5-10-24)26-12-8-13-27(20-26)42(38,39)34-15-17-40-18-16-34/h3-14,20,22-23H,15-19,21H2,1-2H3/t22-,23-/m1/s1. The van der Waals surface area contributed by atoms with Crippen LogP contribution in [-0.4, -0.2) is 71.5 Å². The van der Waals surface area contributed by atoms with Crippen LogP contribution in [0.15, 0.2) is 88.9 Å². The van der Waals surface area contributed by atoms with Crippen LogP contribution in [0.2, 0.25) is 0 Å². The Balaban J connectivity index is 1.33. The first-order chi connectivity index (χ1) is 20.3. The average molecular weight is 604 g/mol. The summed E-state index contributed by atoms with van der Waals surface area (Å²) in [7, 11) is -3.69. The molecule has 1 fully saturated rings. The summed E-state index contributed by atoms with van der Waals surface area (Å²) in [6, 6.07) is 24.8. The summed E-state index contributed by atoms with van der Waals surface area (Å²) in [6.07, 6.45) is 0.835. The van der Waals surface area contributed by atoms with Crippen LogP contribution in [0, 0.1) is 0 Å². The van der Waals surface area contributed by atoms with E-state index in [1.807, 2.05) is 64.1 Å². The molecular formula is C31H33N5O4S2. The number of thioether (sulfide) groups is 1. The van der Waals surface area contributed by atoms with Crippen molar-refractivity contribution in [2.45, 2.75) is 42.4 Å². The molecule has 0 bridgehead atoms. The smallest absolute Gasteiger partial charge is 0.243 e. The second kappa shape index (κ2) is 12.0.